The van der Waals surface area contributed by atoms with Crippen LogP contribution in [0.3, 0.4) is 0 Å². The summed E-state index contributed by atoms with van der Waals surface area (Å²) < 4.78 is 19.2. The van der Waals surface area contributed by atoms with Crippen molar-refractivity contribution in [3.63, 3.8) is 0 Å². The van der Waals surface area contributed by atoms with Gasteiger partial charge in [-0.2, -0.15) is 0 Å². The minimum atomic E-state index is -0.467. The van der Waals surface area contributed by atoms with Crippen LogP contribution < -0.4 is 10.1 Å². The molecule has 1 N–H and O–H groups in total. The van der Waals surface area contributed by atoms with E-state index in [9.17, 15) is 4.39 Å². The van der Waals surface area contributed by atoms with Crippen molar-refractivity contribution in [3.8, 4) is 17.0 Å². The van der Waals surface area contributed by atoms with E-state index in [1.165, 1.54) is 6.20 Å². The maximum atomic E-state index is 13.9. The lowest BCUT2D eigenvalue weighted by Crippen LogP contribution is -2.04. The first kappa shape index (κ1) is 13.3. The third kappa shape index (κ3) is 2.81. The number of halogens is 1. The van der Waals surface area contributed by atoms with Gasteiger partial charge in [0.05, 0.1) is 13.3 Å². The van der Waals surface area contributed by atoms with Crippen LogP contribution in [0.5, 0.6) is 5.75 Å². The molecule has 5 heteroatoms. The smallest absolute Gasteiger partial charge is 0.223 e. The maximum absolute atomic E-state index is 13.9. The molecule has 0 saturated heterocycles. The lowest BCUT2D eigenvalue weighted by molar-refractivity contribution is 0.416. The Balaban J connectivity index is 2.56. The van der Waals surface area contributed by atoms with E-state index in [2.05, 4.69) is 15.3 Å². The van der Waals surface area contributed by atoms with Crippen molar-refractivity contribution in [2.24, 2.45) is 0 Å². The highest BCUT2D eigenvalue weighted by Gasteiger charge is 2.14. The van der Waals surface area contributed by atoms with Crippen molar-refractivity contribution < 1.29 is 9.13 Å². The van der Waals surface area contributed by atoms with Gasteiger partial charge in [0.15, 0.2) is 5.82 Å². The van der Waals surface area contributed by atoms with Crippen molar-refractivity contribution in [2.75, 3.05) is 19.0 Å². The number of benzene rings is 1. The molecule has 2 rings (SSSR count). The Morgan fingerprint density at radius 3 is 2.84 bits per heavy atom. The first-order valence-corrected chi connectivity index (χ1v) is 6.07. The van der Waals surface area contributed by atoms with Gasteiger partial charge in [0, 0.05) is 12.1 Å². The number of methoxy groups -OCH3 is 1. The zero-order chi connectivity index (χ0) is 13.8. The quantitative estimate of drug-likeness (QED) is 0.919. The van der Waals surface area contributed by atoms with Crippen molar-refractivity contribution in [1.82, 2.24) is 9.97 Å². The predicted molar refractivity (Wildman–Crippen MR) is 72.9 cm³/mol. The fourth-order valence-corrected chi connectivity index (χ4v) is 1.81. The van der Waals surface area contributed by atoms with E-state index in [1.54, 1.807) is 13.2 Å². The molecular formula is C14H16FN3O. The van der Waals surface area contributed by atoms with Gasteiger partial charge in [-0.05, 0) is 26.0 Å². The number of nitrogens with one attached hydrogen (secondary N) is 1. The first-order chi connectivity index (χ1) is 9.15. The average molecular weight is 261 g/mol. The van der Waals surface area contributed by atoms with Crippen LogP contribution in [0.15, 0.2) is 24.4 Å². The fourth-order valence-electron chi connectivity index (χ4n) is 1.81. The van der Waals surface area contributed by atoms with Gasteiger partial charge >= 0.3 is 0 Å². The highest BCUT2D eigenvalue weighted by atomic mass is 19.1. The third-order valence-electron chi connectivity index (χ3n) is 2.69. The van der Waals surface area contributed by atoms with Gasteiger partial charge in [-0.3, -0.25) is 0 Å². The van der Waals surface area contributed by atoms with Crippen molar-refractivity contribution >= 4 is 5.95 Å². The number of hydrogen-bond acceptors (Lipinski definition) is 4. The first-order valence-electron chi connectivity index (χ1n) is 6.07. The molecule has 4 nitrogen and oxygen atoms in total. The van der Waals surface area contributed by atoms with Crippen LogP contribution in [0.2, 0.25) is 0 Å². The molecule has 19 heavy (non-hydrogen) atoms. The SMILES string of the molecule is CCNc1ncc(F)c(-c2cc(C)ccc2OC)n1. The van der Waals surface area contributed by atoms with E-state index in [0.717, 1.165) is 5.56 Å². The molecule has 1 aromatic carbocycles. The summed E-state index contributed by atoms with van der Waals surface area (Å²) in [6.45, 7) is 4.54. The minimum absolute atomic E-state index is 0.242. The second-order valence-electron chi connectivity index (χ2n) is 4.12. The summed E-state index contributed by atoms with van der Waals surface area (Å²) in [6, 6.07) is 5.56. The van der Waals surface area contributed by atoms with Crippen molar-refractivity contribution in [2.45, 2.75) is 13.8 Å². The van der Waals surface area contributed by atoms with Gasteiger partial charge in [-0.25, -0.2) is 14.4 Å². The molecule has 0 amide bonds. The Labute approximate surface area is 111 Å². The molecule has 0 aliphatic rings. The molecule has 0 radical (unpaired) electrons. The number of aryl methyl sites for hydroxylation is 1. The van der Waals surface area contributed by atoms with E-state index < -0.39 is 5.82 Å². The summed E-state index contributed by atoms with van der Waals surface area (Å²) in [5.74, 6) is 0.527. The summed E-state index contributed by atoms with van der Waals surface area (Å²) in [7, 11) is 1.55. The van der Waals surface area contributed by atoms with Gasteiger partial charge in [0.2, 0.25) is 5.95 Å². The van der Waals surface area contributed by atoms with Gasteiger partial charge < -0.3 is 10.1 Å². The van der Waals surface area contributed by atoms with Crippen molar-refractivity contribution in [3.05, 3.63) is 35.8 Å². The molecule has 1 aromatic heterocycles. The molecule has 1 heterocycles. The van der Waals surface area contributed by atoms with Crippen LogP contribution in [0.1, 0.15) is 12.5 Å². The number of anilines is 1. The van der Waals surface area contributed by atoms with E-state index in [-0.39, 0.29) is 5.69 Å². The van der Waals surface area contributed by atoms with Crippen LogP contribution in [0.25, 0.3) is 11.3 Å². The van der Waals surface area contributed by atoms with Crippen LogP contribution >= 0.6 is 0 Å². The second kappa shape index (κ2) is 5.65. The number of ether oxygens (including phenoxy) is 1. The highest BCUT2D eigenvalue weighted by molar-refractivity contribution is 5.69. The van der Waals surface area contributed by atoms with Crippen LogP contribution in [0, 0.1) is 12.7 Å². The number of rotatable bonds is 4. The Hall–Kier alpha value is -2.17. The largest absolute Gasteiger partial charge is 0.496 e. The maximum Gasteiger partial charge on any atom is 0.223 e. The normalized spacial score (nSPS) is 10.3. The summed E-state index contributed by atoms with van der Waals surface area (Å²) in [6.07, 6.45) is 1.17. The summed E-state index contributed by atoms with van der Waals surface area (Å²) in [5, 5.41) is 2.97. The second-order valence-corrected chi connectivity index (χ2v) is 4.12. The zero-order valence-corrected chi connectivity index (χ0v) is 11.2. The molecule has 0 bridgehead atoms. The van der Waals surface area contributed by atoms with Crippen molar-refractivity contribution in [1.29, 1.82) is 0 Å². The number of nitrogens with zero attached hydrogens (tertiary/aromatic N) is 2. The molecular weight excluding hydrogens is 245 g/mol. The van der Waals surface area contributed by atoms with E-state index >= 15 is 0 Å². The van der Waals surface area contributed by atoms with Crippen LogP contribution in [-0.2, 0) is 0 Å². The monoisotopic (exact) mass is 261 g/mol. The Kier molecular flexibility index (Phi) is 3.94. The Morgan fingerprint density at radius 2 is 2.16 bits per heavy atom. The van der Waals surface area contributed by atoms with Gasteiger partial charge in [-0.1, -0.05) is 11.6 Å². The molecule has 0 aliphatic carbocycles. The fraction of sp³-hybridized carbons (Fsp3) is 0.286. The van der Waals surface area contributed by atoms with E-state index in [0.29, 0.717) is 23.8 Å². The lowest BCUT2D eigenvalue weighted by Gasteiger charge is -2.11. The van der Waals surface area contributed by atoms with Crippen LogP contribution in [-0.4, -0.2) is 23.6 Å². The standard InChI is InChI=1S/C14H16FN3O/c1-4-16-14-17-8-11(15)13(18-14)10-7-9(2)5-6-12(10)19-3/h5-8H,4H2,1-3H3,(H,16,17,18). The van der Waals surface area contributed by atoms with E-state index in [4.69, 9.17) is 4.74 Å². The van der Waals surface area contributed by atoms with Gasteiger partial charge in [0.25, 0.3) is 0 Å². The Morgan fingerprint density at radius 1 is 1.37 bits per heavy atom. The number of hydrogen-bond donors (Lipinski definition) is 1. The van der Waals surface area contributed by atoms with Gasteiger partial charge in [-0.15, -0.1) is 0 Å². The topological polar surface area (TPSA) is 47.0 Å². The molecule has 100 valence electrons. The summed E-state index contributed by atoms with van der Waals surface area (Å²) in [5.41, 5.74) is 1.88. The third-order valence-corrected chi connectivity index (χ3v) is 2.69. The highest BCUT2D eigenvalue weighted by Crippen LogP contribution is 2.31. The van der Waals surface area contributed by atoms with Crippen LogP contribution in [0.4, 0.5) is 10.3 Å². The molecule has 0 fully saturated rings. The Bertz CT molecular complexity index is 587. The molecule has 0 atom stereocenters. The molecule has 2 aromatic rings. The molecule has 0 spiro atoms. The number of aromatic nitrogens is 2. The zero-order valence-electron chi connectivity index (χ0n) is 11.2. The molecule has 0 saturated carbocycles. The lowest BCUT2D eigenvalue weighted by atomic mass is 10.1. The van der Waals surface area contributed by atoms with E-state index in [1.807, 2.05) is 26.0 Å². The molecule has 0 unspecified atom stereocenters. The summed E-state index contributed by atoms with van der Waals surface area (Å²) >= 11 is 0. The molecule has 0 aliphatic heterocycles. The predicted octanol–water partition coefficient (Wildman–Crippen LogP) is 3.03. The average Bonchev–Trinajstić information content (AvgIpc) is 2.41. The summed E-state index contributed by atoms with van der Waals surface area (Å²) in [4.78, 5) is 8.10. The minimum Gasteiger partial charge on any atom is -0.496 e. The van der Waals surface area contributed by atoms with Gasteiger partial charge in [0.1, 0.15) is 11.4 Å².